The lowest BCUT2D eigenvalue weighted by molar-refractivity contribution is -0.125. The van der Waals surface area contributed by atoms with E-state index in [1.165, 1.54) is 108 Å². The molecule has 682 valence electrons. The summed E-state index contributed by atoms with van der Waals surface area (Å²) in [6.45, 7) is 8.44. The van der Waals surface area contributed by atoms with Gasteiger partial charge >= 0.3 is 7.05 Å². The molecule has 6 N–H and O–H groups in total. The predicted octanol–water partition coefficient (Wildman–Crippen LogP) is 13.0. The highest BCUT2D eigenvalue weighted by Crippen LogP contribution is 2.43. The minimum absolute atomic E-state index is 0. The number of piperidine rings is 5. The van der Waals surface area contributed by atoms with Gasteiger partial charge in [0.1, 0.15) is 46.3 Å². The fraction of sp³-hybridized carbons (Fsp3) is 0.369. The van der Waals surface area contributed by atoms with Crippen LogP contribution in [0.25, 0.3) is 0 Å². The predicted molar refractivity (Wildman–Crippen MR) is 472 cm³/mol. The Morgan fingerprint density at radius 1 is 0.555 bits per heavy atom. The number of carbonyl (C=O) groups is 6. The second-order valence-corrected chi connectivity index (χ2v) is 31.4. The topological polar surface area (TPSA) is 348 Å². The quantitative estimate of drug-likeness (QED) is 0.0168. The summed E-state index contributed by atoms with van der Waals surface area (Å²) >= 11 is 6.39. The zero-order valence-corrected chi connectivity index (χ0v) is 74.9. The number of anilines is 2. The van der Waals surface area contributed by atoms with Crippen LogP contribution in [0.1, 0.15) is 98.3 Å². The highest BCUT2D eigenvalue weighted by molar-refractivity contribution is 9.10. The van der Waals surface area contributed by atoms with Gasteiger partial charge in [0.05, 0.1) is 80.6 Å². The molecule has 128 heavy (non-hydrogen) atoms. The Bertz CT molecular complexity index is 5140. The van der Waals surface area contributed by atoms with E-state index in [0.29, 0.717) is 97.1 Å². The molecule has 5 saturated heterocycles. The first-order valence-electron chi connectivity index (χ1n) is 39.6. The van der Waals surface area contributed by atoms with Crippen LogP contribution in [0.2, 0.25) is 6.82 Å². The molecular formula is C84H92B3Br3F10N14O14. The van der Waals surface area contributed by atoms with Crippen LogP contribution in [-0.4, -0.2) is 232 Å². The molecule has 5 fully saturated rings. The molecule has 9 aromatic rings. The minimum Gasteiger partial charge on any atom is -0.481 e. The number of hydrogen-bond donors (Lipinski definition) is 6. The van der Waals surface area contributed by atoms with Gasteiger partial charge < -0.3 is 78.6 Å². The van der Waals surface area contributed by atoms with E-state index >= 15 is 0 Å². The summed E-state index contributed by atoms with van der Waals surface area (Å²) in [5.41, 5.74) is 1.43. The molecule has 0 spiro atoms. The molecule has 28 nitrogen and oxygen atoms in total. The summed E-state index contributed by atoms with van der Waals surface area (Å²) in [7, 11) is 7.01. The summed E-state index contributed by atoms with van der Waals surface area (Å²) < 4.78 is 163. The number of amides is 2. The van der Waals surface area contributed by atoms with Crippen molar-refractivity contribution in [3.63, 3.8) is 0 Å². The van der Waals surface area contributed by atoms with Gasteiger partial charge in [-0.2, -0.15) is 0 Å². The third-order valence-electron chi connectivity index (χ3n) is 20.3. The van der Waals surface area contributed by atoms with Crippen molar-refractivity contribution in [1.29, 1.82) is 0 Å². The van der Waals surface area contributed by atoms with Crippen molar-refractivity contribution in [2.24, 2.45) is 0 Å². The van der Waals surface area contributed by atoms with E-state index in [1.807, 2.05) is 21.8 Å². The molecule has 0 bridgehead atoms. The Labute approximate surface area is 759 Å². The van der Waals surface area contributed by atoms with Crippen LogP contribution in [0, 0.1) is 23.3 Å². The van der Waals surface area contributed by atoms with Gasteiger partial charge in [-0.15, -0.1) is 17.0 Å². The largest absolute Gasteiger partial charge is 0.481 e. The van der Waals surface area contributed by atoms with Gasteiger partial charge in [-0.1, -0.05) is 40.2 Å². The molecule has 44 heteroatoms. The average Bonchev–Trinajstić information content (AvgIpc) is 0.790. The number of halogens is 13. The fourth-order valence-corrected chi connectivity index (χ4v) is 13.4. The molecule has 14 rings (SSSR count). The zero-order chi connectivity index (χ0) is 92.5. The number of carbonyl (C=O) groups excluding carboxylic acids is 6. The van der Waals surface area contributed by atoms with Crippen molar-refractivity contribution in [2.75, 3.05) is 97.4 Å². The normalized spacial score (nSPS) is 18.5. The molecule has 2 aromatic carbocycles. The highest BCUT2D eigenvalue weighted by Gasteiger charge is 2.48. The Morgan fingerprint density at radius 2 is 1.02 bits per heavy atom. The van der Waals surface area contributed by atoms with Gasteiger partial charge in [-0.05, 0) is 146 Å². The number of alkyl halides is 7. The van der Waals surface area contributed by atoms with Crippen LogP contribution >= 0.6 is 48.8 Å². The summed E-state index contributed by atoms with van der Waals surface area (Å²) in [4.78, 5) is 121. The van der Waals surface area contributed by atoms with Crippen LogP contribution in [0.5, 0.6) is 40.6 Å². The summed E-state index contributed by atoms with van der Waals surface area (Å²) in [6.07, 6.45) is 12.2. The number of aromatic nitrogens is 7. The van der Waals surface area contributed by atoms with E-state index in [4.69, 9.17) is 28.7 Å². The van der Waals surface area contributed by atoms with Crippen molar-refractivity contribution < 1.29 is 101 Å². The number of benzene rings is 2. The molecule has 5 aliphatic rings. The van der Waals surface area contributed by atoms with Crippen molar-refractivity contribution in [3.05, 3.63) is 235 Å². The molecule has 3 unspecified atom stereocenters. The van der Waals surface area contributed by atoms with Gasteiger partial charge in [0.25, 0.3) is 32.6 Å². The van der Waals surface area contributed by atoms with E-state index in [9.17, 15) is 82.3 Å². The number of ether oxygens (including phenoxy) is 5. The lowest BCUT2D eigenvalue weighted by atomic mass is 9.82. The van der Waals surface area contributed by atoms with Gasteiger partial charge in [-0.25, -0.2) is 68.8 Å². The van der Waals surface area contributed by atoms with Crippen LogP contribution in [0.4, 0.5) is 55.5 Å². The van der Waals surface area contributed by atoms with E-state index in [1.54, 1.807) is 81.3 Å². The molecule has 12 heterocycles. The number of aromatic amines is 2. The van der Waals surface area contributed by atoms with Crippen molar-refractivity contribution >= 4 is 118 Å². The molecule has 0 saturated carbocycles. The number of H-pyrrole nitrogens is 2. The van der Waals surface area contributed by atoms with Gasteiger partial charge in [-0.3, -0.25) is 33.7 Å². The van der Waals surface area contributed by atoms with Crippen molar-refractivity contribution in [2.45, 2.75) is 112 Å². The van der Waals surface area contributed by atoms with Crippen LogP contribution < -0.4 is 50.8 Å². The maximum atomic E-state index is 14.6. The first-order chi connectivity index (χ1) is 60.5. The number of methoxy groups -OCH3 is 3. The van der Waals surface area contributed by atoms with E-state index in [-0.39, 0.29) is 125 Å². The lowest BCUT2D eigenvalue weighted by Gasteiger charge is -2.40. The number of ketones is 2. The molecule has 2 amide bonds. The second-order valence-electron chi connectivity index (χ2n) is 29.1. The lowest BCUT2D eigenvalue weighted by Crippen LogP contribution is -2.52. The summed E-state index contributed by atoms with van der Waals surface area (Å²) in [5, 5.41) is 17.2. The molecular weight excluding hydrogens is 1890 g/mol. The maximum absolute atomic E-state index is 14.6. The van der Waals surface area contributed by atoms with Gasteiger partial charge in [0.15, 0.2) is 23.1 Å². The van der Waals surface area contributed by atoms with Gasteiger partial charge in [0, 0.05) is 149 Å². The number of nitrogens with zero attached hydrogens (tertiary/aromatic N) is 9. The van der Waals surface area contributed by atoms with Crippen molar-refractivity contribution in [3.8, 4) is 40.6 Å². The highest BCUT2D eigenvalue weighted by atomic mass is 79.9. The molecule has 0 aliphatic carbocycles. The number of pyridine rings is 7. The molecule has 5 aliphatic heterocycles. The standard InChI is InChI=1S/C24H22F4N4O3.C14H11BrF2N2O2.C12H14BF2N2O2.C12H14BN2O3.C10H12F2N2O.C6H12BNO2.C6H6BrNO.BrH/c1-14(32-9-8-24(27,28)18(13-32)15-2-7-22(33)30-11-15)23(34)31-21-6-4-17(12-29-21)35-20-5-3-16(25)10-19(20)26;1-8(15)14(20)19-13-5-3-10(7-18-13)21-12-4-2-9(16)6-11(12)17;1-19-11-3-2-9(6-16-11)10-7-17(13-8-18)5-4-12(10,14)15;1-18-12-3-2-9(6-14-12)10-7-15(13-8-16)5-4-11(10)17;11-10(12)3-4-13-6-8(10)7-1-2-9(15)14-5-7;1-7(10)8-4-2-6(9)3-5-8;1-9-6-3-2-5(7)4-8-6;/h2-7,10-12,14,18H,8-9,13H2,1H3,(H,30,33)(H,29,31,34);2-8H,1H3,(H,18,19,20);2-3,6,8,10H,4-5,7H2,1H3;2-3,6,8,10H,4-5,7H2,1H3;1-2,5,8,13H,3-4,6H2,(H,14,15);10H,2-5H2,1H3;2-4H,1H3;1H/t14-,18+;;;;8-;;;/m0...1.../s1. The fourth-order valence-electron chi connectivity index (χ4n) is 13.0. The van der Waals surface area contributed by atoms with Gasteiger partial charge in [0.2, 0.25) is 40.6 Å². The number of hydrogen-bond acceptors (Lipinski definition) is 24. The third-order valence-corrected chi connectivity index (χ3v) is 21.2. The van der Waals surface area contributed by atoms with E-state index in [2.05, 4.69) is 82.7 Å². The minimum atomic E-state index is -2.98. The van der Waals surface area contributed by atoms with E-state index in [0.717, 1.165) is 53.6 Å². The monoisotopic (exact) mass is 1980 g/mol. The molecule has 2 radical (unpaired) electrons. The Morgan fingerprint density at radius 3 is 1.46 bits per heavy atom. The number of nitrogens with one attached hydrogen (secondary N) is 5. The SMILES string of the molecule is Br.CB(O)N1CCC(=O)CC1.CC(Br)C(=O)Nc1ccc(Oc2ccc(F)cc2F)cn1.COc1ccc(Br)cn1.COc1ccc(C2CN([B]C=O)CCC2(F)F)cn1.COc1ccc(C2CN([B]C=O)CCC2=O)cn1.C[C@@H](C(=O)Nc1ccc(Oc2ccc(F)cc2F)cn1)N1CCC(F)(F)[C@@H](c2ccc(=O)[nH]c2)C1.O=c1ccc([C@H]2CNCCC2(F)F)c[nH]1. The zero-order valence-electron chi connectivity index (χ0n) is 70.0. The summed E-state index contributed by atoms with van der Waals surface area (Å²) in [6, 6.07) is 26.8. The third kappa shape index (κ3) is 32.9. The smallest absolute Gasteiger partial charge is 0.376 e. The van der Waals surface area contributed by atoms with Crippen LogP contribution in [-0.2, 0) is 28.8 Å². The van der Waals surface area contributed by atoms with E-state index < -0.39 is 84.2 Å². The Kier molecular flexibility index (Phi) is 41.6. The number of rotatable bonds is 21. The average molecular weight is 1980 g/mol. The summed E-state index contributed by atoms with van der Waals surface area (Å²) in [5.74, 6) is -12.7. The first-order valence-corrected chi connectivity index (χ1v) is 41.3. The first kappa shape index (κ1) is 104. The Hall–Kier alpha value is -10.6. The maximum Gasteiger partial charge on any atom is 0.376 e. The molecule has 7 aromatic heterocycles. The Balaban J connectivity index is 0.000000213. The van der Waals surface area contributed by atoms with Crippen molar-refractivity contribution in [1.82, 2.24) is 59.5 Å². The second kappa shape index (κ2) is 51.0. The number of Topliss-reactive ketones (excluding diaryl/α,β-unsaturated/α-hetero) is 2. The van der Waals surface area contributed by atoms with Crippen LogP contribution in [0.15, 0.2) is 179 Å². The van der Waals surface area contributed by atoms with Crippen LogP contribution in [0.3, 0.4) is 0 Å². The number of likely N-dealkylation sites (tertiary alicyclic amines) is 1. The molecule has 6 atom stereocenters.